The molecule has 0 radical (unpaired) electrons. The zero-order valence-electron chi connectivity index (χ0n) is 7.68. The van der Waals surface area contributed by atoms with E-state index in [0.29, 0.717) is 4.57 Å². The highest BCUT2D eigenvalue weighted by Gasteiger charge is 2.14. The molecule has 7 nitrogen and oxygen atoms in total. The van der Waals surface area contributed by atoms with Crippen LogP contribution in [0.4, 0.5) is 15.0 Å². The Morgan fingerprint density at radius 3 is 2.93 bits per heavy atom. The van der Waals surface area contributed by atoms with E-state index in [1.165, 1.54) is 6.92 Å². The molecule has 0 fully saturated rings. The maximum Gasteiger partial charge on any atom is 0.507 e. The number of hydrogen-bond donors (Lipinski definition) is 2. The third kappa shape index (κ3) is 2.42. The van der Waals surface area contributed by atoms with Crippen molar-refractivity contribution >= 4 is 12.0 Å². The number of ether oxygens (including phenoxy) is 1. The second kappa shape index (κ2) is 3.95. The number of aromatic nitrogens is 2. The normalized spacial score (nSPS) is 12.1. The number of hydrogen-bond acceptors (Lipinski definition) is 5. The highest BCUT2D eigenvalue weighted by Crippen LogP contribution is 2.08. The maximum absolute atomic E-state index is 12.9. The molecular formula is C7H8FN3O4. The third-order valence-corrected chi connectivity index (χ3v) is 1.60. The Balaban J connectivity index is 3.09. The summed E-state index contributed by atoms with van der Waals surface area (Å²) in [6.45, 7) is 1.26. The fraction of sp³-hybridized carbons (Fsp3) is 0.286. The number of nitrogen functional groups attached to an aromatic ring is 1. The minimum Gasteiger partial charge on any atom is -0.450 e. The van der Waals surface area contributed by atoms with E-state index in [4.69, 9.17) is 10.8 Å². The summed E-state index contributed by atoms with van der Waals surface area (Å²) < 4.78 is 17.8. The predicted molar refractivity (Wildman–Crippen MR) is 46.7 cm³/mol. The van der Waals surface area contributed by atoms with Gasteiger partial charge in [-0.05, 0) is 6.92 Å². The molecule has 1 unspecified atom stereocenters. The molecule has 0 spiro atoms. The van der Waals surface area contributed by atoms with Crippen molar-refractivity contribution in [1.82, 2.24) is 9.55 Å². The molecule has 0 aromatic carbocycles. The Hall–Kier alpha value is -2.12. The summed E-state index contributed by atoms with van der Waals surface area (Å²) in [5, 5.41) is 8.28. The summed E-state index contributed by atoms with van der Waals surface area (Å²) in [6.07, 6.45) is -2.01. The van der Waals surface area contributed by atoms with Gasteiger partial charge < -0.3 is 15.6 Å². The summed E-state index contributed by atoms with van der Waals surface area (Å²) >= 11 is 0. The second-order valence-electron chi connectivity index (χ2n) is 2.65. The fourth-order valence-corrected chi connectivity index (χ4v) is 0.921. The van der Waals surface area contributed by atoms with Gasteiger partial charge in [-0.2, -0.15) is 4.98 Å². The second-order valence-corrected chi connectivity index (χ2v) is 2.65. The summed E-state index contributed by atoms with van der Waals surface area (Å²) in [5.74, 6) is -1.46. The molecule has 0 saturated carbocycles. The van der Waals surface area contributed by atoms with Gasteiger partial charge in [-0.3, -0.25) is 4.57 Å². The average molecular weight is 217 g/mol. The lowest BCUT2D eigenvalue weighted by Crippen LogP contribution is -2.29. The molecular weight excluding hydrogens is 209 g/mol. The van der Waals surface area contributed by atoms with Crippen molar-refractivity contribution in [3.05, 3.63) is 22.5 Å². The zero-order chi connectivity index (χ0) is 11.6. The van der Waals surface area contributed by atoms with Gasteiger partial charge in [-0.25, -0.2) is 14.0 Å². The lowest BCUT2D eigenvalue weighted by Gasteiger charge is -2.13. The molecule has 1 atom stereocenters. The van der Waals surface area contributed by atoms with Crippen molar-refractivity contribution in [2.45, 2.75) is 13.2 Å². The minimum atomic E-state index is -1.58. The molecule has 0 aliphatic heterocycles. The molecule has 1 rings (SSSR count). The molecule has 0 bridgehead atoms. The van der Waals surface area contributed by atoms with E-state index in [2.05, 4.69) is 9.72 Å². The number of halogens is 1. The van der Waals surface area contributed by atoms with Crippen LogP contribution in [0.2, 0.25) is 0 Å². The molecule has 0 aliphatic rings. The van der Waals surface area contributed by atoms with Crippen LogP contribution in [0.3, 0.4) is 0 Å². The van der Waals surface area contributed by atoms with E-state index in [1.54, 1.807) is 0 Å². The Bertz CT molecular complexity index is 444. The SMILES string of the molecule is CC(OC(=O)O)n1cc(F)c(N)nc1=O. The van der Waals surface area contributed by atoms with E-state index < -0.39 is 29.7 Å². The molecule has 1 aromatic heterocycles. The van der Waals surface area contributed by atoms with Gasteiger partial charge in [0, 0.05) is 0 Å². The third-order valence-electron chi connectivity index (χ3n) is 1.60. The van der Waals surface area contributed by atoms with Crippen molar-refractivity contribution in [2.75, 3.05) is 5.73 Å². The first-order valence-corrected chi connectivity index (χ1v) is 3.85. The van der Waals surface area contributed by atoms with Crippen molar-refractivity contribution in [2.24, 2.45) is 0 Å². The smallest absolute Gasteiger partial charge is 0.450 e. The molecule has 0 amide bonds. The van der Waals surface area contributed by atoms with Crippen LogP contribution in [0.25, 0.3) is 0 Å². The number of anilines is 1. The first-order valence-electron chi connectivity index (χ1n) is 3.85. The van der Waals surface area contributed by atoms with Gasteiger partial charge in [0.05, 0.1) is 6.20 Å². The van der Waals surface area contributed by atoms with Crippen molar-refractivity contribution < 1.29 is 19.0 Å². The fourth-order valence-electron chi connectivity index (χ4n) is 0.921. The van der Waals surface area contributed by atoms with E-state index in [9.17, 15) is 14.0 Å². The molecule has 1 aromatic rings. The highest BCUT2D eigenvalue weighted by molar-refractivity contribution is 5.56. The molecule has 15 heavy (non-hydrogen) atoms. The lowest BCUT2D eigenvalue weighted by atomic mass is 10.5. The number of carbonyl (C=O) groups is 1. The largest absolute Gasteiger partial charge is 0.507 e. The minimum absolute atomic E-state index is 0.543. The van der Waals surface area contributed by atoms with Crippen LogP contribution in [0.15, 0.2) is 11.0 Å². The number of rotatable bonds is 2. The quantitative estimate of drug-likeness (QED) is 0.684. The van der Waals surface area contributed by atoms with Gasteiger partial charge >= 0.3 is 11.8 Å². The predicted octanol–water partition coefficient (Wildman–Crippen LogP) is 0.178. The number of carboxylic acid groups (broad SMARTS) is 1. The van der Waals surface area contributed by atoms with Crippen LogP contribution in [0.5, 0.6) is 0 Å². The van der Waals surface area contributed by atoms with Gasteiger partial charge in [0.2, 0.25) is 0 Å². The zero-order valence-corrected chi connectivity index (χ0v) is 7.68. The Morgan fingerprint density at radius 1 is 1.80 bits per heavy atom. The Labute approximate surface area is 82.9 Å². The highest BCUT2D eigenvalue weighted by atomic mass is 19.1. The molecule has 0 aliphatic carbocycles. The van der Waals surface area contributed by atoms with Gasteiger partial charge in [-0.1, -0.05) is 0 Å². The first kappa shape index (κ1) is 11.0. The summed E-state index contributed by atoms with van der Waals surface area (Å²) in [7, 11) is 0. The van der Waals surface area contributed by atoms with Gasteiger partial charge in [0.1, 0.15) is 0 Å². The summed E-state index contributed by atoms with van der Waals surface area (Å²) in [6, 6.07) is 0. The van der Waals surface area contributed by atoms with Crippen LogP contribution in [-0.4, -0.2) is 20.8 Å². The van der Waals surface area contributed by atoms with E-state index in [0.717, 1.165) is 6.20 Å². The summed E-state index contributed by atoms with van der Waals surface area (Å²) in [5.41, 5.74) is 4.15. The van der Waals surface area contributed by atoms with Crippen molar-refractivity contribution in [3.63, 3.8) is 0 Å². The number of nitrogens with zero attached hydrogens (tertiary/aromatic N) is 2. The summed E-state index contributed by atoms with van der Waals surface area (Å²) in [4.78, 5) is 24.5. The van der Waals surface area contributed by atoms with Crippen LogP contribution >= 0.6 is 0 Å². The molecule has 0 saturated heterocycles. The monoisotopic (exact) mass is 217 g/mol. The van der Waals surface area contributed by atoms with E-state index in [1.807, 2.05) is 0 Å². The molecule has 1 heterocycles. The standard InChI is InChI=1S/C7H8FN3O4/c1-3(15-7(13)14)11-2-4(8)5(9)10-6(11)12/h2-3H,1H3,(H,13,14)(H2,9,10,12). The van der Waals surface area contributed by atoms with E-state index >= 15 is 0 Å². The van der Waals surface area contributed by atoms with Crippen LogP contribution in [-0.2, 0) is 4.74 Å². The van der Waals surface area contributed by atoms with Crippen LogP contribution in [0, 0.1) is 5.82 Å². The average Bonchev–Trinajstić information content (AvgIpc) is 2.09. The lowest BCUT2D eigenvalue weighted by molar-refractivity contribution is 0.0253. The van der Waals surface area contributed by atoms with Crippen LogP contribution in [0.1, 0.15) is 13.2 Å². The Kier molecular flexibility index (Phi) is 2.88. The molecule has 82 valence electrons. The van der Waals surface area contributed by atoms with Crippen molar-refractivity contribution in [3.8, 4) is 0 Å². The topological polar surface area (TPSA) is 107 Å². The first-order chi connectivity index (χ1) is 6.91. The molecule has 8 heteroatoms. The van der Waals surface area contributed by atoms with Gasteiger partial charge in [0.25, 0.3) is 0 Å². The van der Waals surface area contributed by atoms with Gasteiger partial charge in [0.15, 0.2) is 17.9 Å². The van der Waals surface area contributed by atoms with Crippen LogP contribution < -0.4 is 11.4 Å². The van der Waals surface area contributed by atoms with Gasteiger partial charge in [-0.15, -0.1) is 0 Å². The maximum atomic E-state index is 12.9. The van der Waals surface area contributed by atoms with Crippen molar-refractivity contribution in [1.29, 1.82) is 0 Å². The Morgan fingerprint density at radius 2 is 2.40 bits per heavy atom. The molecule has 3 N–H and O–H groups in total. The van der Waals surface area contributed by atoms with E-state index in [-0.39, 0.29) is 0 Å². The number of nitrogens with two attached hydrogens (primary N) is 1.